The van der Waals surface area contributed by atoms with Crippen LogP contribution in [0.25, 0.3) is 0 Å². The van der Waals surface area contributed by atoms with Crippen molar-refractivity contribution in [2.24, 2.45) is 11.8 Å². The van der Waals surface area contributed by atoms with E-state index >= 15 is 0 Å². The summed E-state index contributed by atoms with van der Waals surface area (Å²) in [6.07, 6.45) is 5.02. The Morgan fingerprint density at radius 2 is 1.77 bits per heavy atom. The van der Waals surface area contributed by atoms with Gasteiger partial charge in [-0.2, -0.15) is 0 Å². The van der Waals surface area contributed by atoms with Crippen LogP contribution in [0.4, 0.5) is 5.00 Å². The smallest absolute Gasteiger partial charge is 0.307 e. The number of benzene rings is 1. The maximum Gasteiger partial charge on any atom is 0.307 e. The Kier molecular flexibility index (Phi) is 7.05. The summed E-state index contributed by atoms with van der Waals surface area (Å²) in [7, 11) is 0. The van der Waals surface area contributed by atoms with E-state index in [1.807, 2.05) is 50.3 Å². The molecule has 0 bridgehead atoms. The van der Waals surface area contributed by atoms with E-state index in [9.17, 15) is 19.5 Å². The standard InChI is InChI=1S/C23H26N2O4S/c1-3-16-14(2)30-22(19(16)21(27)24-13-15-9-5-4-6-10-15)25-20(26)17-11-7-8-12-18(17)23(28)29/h4-10,17-18H,3,11-13H2,1-2H3,(H,24,27)(H,25,26)(H,28,29)/t17-,18-/m1/s1. The van der Waals surface area contributed by atoms with E-state index in [1.54, 1.807) is 6.08 Å². The van der Waals surface area contributed by atoms with Crippen LogP contribution in [-0.4, -0.2) is 22.9 Å². The zero-order valence-corrected chi connectivity index (χ0v) is 17.9. The van der Waals surface area contributed by atoms with Gasteiger partial charge < -0.3 is 15.7 Å². The number of carboxylic acids is 1. The molecule has 7 heteroatoms. The molecule has 0 aliphatic heterocycles. The Bertz CT molecular complexity index is 965. The number of hydrogen-bond donors (Lipinski definition) is 3. The number of anilines is 1. The summed E-state index contributed by atoms with van der Waals surface area (Å²) in [4.78, 5) is 38.4. The molecule has 158 valence electrons. The molecule has 0 fully saturated rings. The van der Waals surface area contributed by atoms with Crippen LogP contribution >= 0.6 is 11.3 Å². The highest BCUT2D eigenvalue weighted by Gasteiger charge is 2.35. The number of hydrogen-bond acceptors (Lipinski definition) is 4. The Balaban J connectivity index is 1.81. The van der Waals surface area contributed by atoms with Gasteiger partial charge in [-0.1, -0.05) is 49.4 Å². The molecule has 0 saturated heterocycles. The minimum Gasteiger partial charge on any atom is -0.481 e. The lowest BCUT2D eigenvalue weighted by molar-refractivity contribution is -0.146. The van der Waals surface area contributed by atoms with Crippen molar-refractivity contribution in [1.82, 2.24) is 5.32 Å². The first-order valence-corrected chi connectivity index (χ1v) is 10.9. The summed E-state index contributed by atoms with van der Waals surface area (Å²) in [5.74, 6) is -2.98. The van der Waals surface area contributed by atoms with E-state index in [2.05, 4.69) is 10.6 Å². The molecule has 1 heterocycles. The van der Waals surface area contributed by atoms with Crippen molar-refractivity contribution in [2.75, 3.05) is 5.32 Å². The summed E-state index contributed by atoms with van der Waals surface area (Å²) < 4.78 is 0. The van der Waals surface area contributed by atoms with Crippen molar-refractivity contribution in [1.29, 1.82) is 0 Å². The second kappa shape index (κ2) is 9.71. The van der Waals surface area contributed by atoms with Gasteiger partial charge in [0, 0.05) is 11.4 Å². The first kappa shape index (κ1) is 21.8. The van der Waals surface area contributed by atoms with Crippen LogP contribution in [0.15, 0.2) is 42.5 Å². The summed E-state index contributed by atoms with van der Waals surface area (Å²) >= 11 is 1.36. The maximum absolute atomic E-state index is 13.0. The van der Waals surface area contributed by atoms with Crippen LogP contribution in [0, 0.1) is 18.8 Å². The number of rotatable bonds is 7. The lowest BCUT2D eigenvalue weighted by Gasteiger charge is -2.24. The van der Waals surface area contributed by atoms with Crippen molar-refractivity contribution in [3.8, 4) is 0 Å². The molecule has 3 N–H and O–H groups in total. The van der Waals surface area contributed by atoms with E-state index < -0.39 is 17.8 Å². The molecule has 0 radical (unpaired) electrons. The molecule has 1 aromatic carbocycles. The highest BCUT2D eigenvalue weighted by atomic mass is 32.1. The predicted molar refractivity (Wildman–Crippen MR) is 118 cm³/mol. The van der Waals surface area contributed by atoms with Crippen molar-refractivity contribution >= 4 is 34.1 Å². The number of aliphatic carboxylic acids is 1. The van der Waals surface area contributed by atoms with Gasteiger partial charge in [0.15, 0.2) is 0 Å². The summed E-state index contributed by atoms with van der Waals surface area (Å²) in [6.45, 7) is 4.29. The van der Waals surface area contributed by atoms with Gasteiger partial charge in [-0.25, -0.2) is 0 Å². The molecule has 1 aromatic heterocycles. The SMILES string of the molecule is CCc1c(C)sc(NC(=O)[C@@H]2CC=CC[C@H]2C(=O)O)c1C(=O)NCc1ccccc1. The summed E-state index contributed by atoms with van der Waals surface area (Å²) in [6, 6.07) is 9.62. The van der Waals surface area contributed by atoms with Gasteiger partial charge >= 0.3 is 5.97 Å². The maximum atomic E-state index is 13.0. The fourth-order valence-corrected chi connectivity index (χ4v) is 4.93. The molecule has 1 aliphatic carbocycles. The van der Waals surface area contributed by atoms with Gasteiger partial charge in [0.05, 0.1) is 17.4 Å². The van der Waals surface area contributed by atoms with E-state index in [4.69, 9.17) is 0 Å². The predicted octanol–water partition coefficient (Wildman–Crippen LogP) is 4.15. The van der Waals surface area contributed by atoms with E-state index in [1.165, 1.54) is 11.3 Å². The second-order valence-electron chi connectivity index (χ2n) is 7.35. The van der Waals surface area contributed by atoms with Gasteiger partial charge in [0.1, 0.15) is 5.00 Å². The average molecular weight is 427 g/mol. The molecule has 30 heavy (non-hydrogen) atoms. The third kappa shape index (κ3) is 4.79. The Morgan fingerprint density at radius 1 is 1.10 bits per heavy atom. The lowest BCUT2D eigenvalue weighted by atomic mass is 9.82. The number of aryl methyl sites for hydroxylation is 1. The Hall–Kier alpha value is -2.93. The molecule has 2 amide bonds. The molecule has 2 aromatic rings. The second-order valence-corrected chi connectivity index (χ2v) is 8.57. The fraction of sp³-hybridized carbons (Fsp3) is 0.348. The molecular weight excluding hydrogens is 400 g/mol. The topological polar surface area (TPSA) is 95.5 Å². The van der Waals surface area contributed by atoms with E-state index in [-0.39, 0.29) is 11.8 Å². The van der Waals surface area contributed by atoms with Crippen LogP contribution in [0.2, 0.25) is 0 Å². The molecular formula is C23H26N2O4S. The summed E-state index contributed by atoms with van der Waals surface area (Å²) in [5.41, 5.74) is 2.36. The van der Waals surface area contributed by atoms with Crippen molar-refractivity contribution < 1.29 is 19.5 Å². The fourth-order valence-electron chi connectivity index (χ4n) is 3.78. The molecule has 0 unspecified atom stereocenters. The first-order valence-electron chi connectivity index (χ1n) is 10.0. The minimum absolute atomic E-state index is 0.242. The summed E-state index contributed by atoms with van der Waals surface area (Å²) in [5, 5.41) is 15.7. The number of carbonyl (C=O) groups excluding carboxylic acids is 2. The van der Waals surface area contributed by atoms with Crippen molar-refractivity contribution in [3.05, 3.63) is 64.1 Å². The van der Waals surface area contributed by atoms with Crippen LogP contribution < -0.4 is 10.6 Å². The van der Waals surface area contributed by atoms with E-state index in [0.717, 1.165) is 16.0 Å². The zero-order chi connectivity index (χ0) is 21.7. The molecule has 0 spiro atoms. The number of allylic oxidation sites excluding steroid dienone is 2. The van der Waals surface area contributed by atoms with Gasteiger partial charge in [-0.15, -0.1) is 11.3 Å². The van der Waals surface area contributed by atoms with Crippen molar-refractivity contribution in [2.45, 2.75) is 39.7 Å². The van der Waals surface area contributed by atoms with Gasteiger partial charge in [-0.3, -0.25) is 14.4 Å². The van der Waals surface area contributed by atoms with Crippen LogP contribution in [0.1, 0.15) is 46.1 Å². The number of thiophene rings is 1. The highest BCUT2D eigenvalue weighted by Crippen LogP contribution is 2.35. The number of nitrogens with one attached hydrogen (secondary N) is 2. The number of carbonyl (C=O) groups is 3. The first-order chi connectivity index (χ1) is 14.4. The Labute approximate surface area is 180 Å². The average Bonchev–Trinajstić information content (AvgIpc) is 3.07. The molecule has 1 aliphatic rings. The molecule has 2 atom stereocenters. The van der Waals surface area contributed by atoms with Crippen LogP contribution in [-0.2, 0) is 22.6 Å². The third-order valence-electron chi connectivity index (χ3n) is 5.41. The van der Waals surface area contributed by atoms with E-state index in [0.29, 0.717) is 36.4 Å². The van der Waals surface area contributed by atoms with Crippen LogP contribution in [0.3, 0.4) is 0 Å². The number of carboxylic acid groups (broad SMARTS) is 1. The minimum atomic E-state index is -0.975. The largest absolute Gasteiger partial charge is 0.481 e. The van der Waals surface area contributed by atoms with Gasteiger partial charge in [0.2, 0.25) is 5.91 Å². The zero-order valence-electron chi connectivity index (χ0n) is 17.1. The van der Waals surface area contributed by atoms with Gasteiger partial charge in [-0.05, 0) is 37.3 Å². The van der Waals surface area contributed by atoms with Crippen molar-refractivity contribution in [3.63, 3.8) is 0 Å². The van der Waals surface area contributed by atoms with Crippen LogP contribution in [0.5, 0.6) is 0 Å². The highest BCUT2D eigenvalue weighted by molar-refractivity contribution is 7.16. The number of amides is 2. The molecule has 3 rings (SSSR count). The third-order valence-corrected chi connectivity index (χ3v) is 6.47. The Morgan fingerprint density at radius 3 is 2.40 bits per heavy atom. The monoisotopic (exact) mass is 426 g/mol. The molecule has 6 nitrogen and oxygen atoms in total. The molecule has 0 saturated carbocycles. The van der Waals surface area contributed by atoms with Gasteiger partial charge in [0.25, 0.3) is 5.91 Å². The normalized spacial score (nSPS) is 18.1. The lowest BCUT2D eigenvalue weighted by Crippen LogP contribution is -2.35. The quantitative estimate of drug-likeness (QED) is 0.580.